The van der Waals surface area contributed by atoms with Gasteiger partial charge in [-0.2, -0.15) is 0 Å². The van der Waals surface area contributed by atoms with Gasteiger partial charge in [-0.1, -0.05) is 19.9 Å². The Kier molecular flexibility index (Phi) is 5.10. The van der Waals surface area contributed by atoms with Gasteiger partial charge in [0.1, 0.15) is 6.04 Å². The summed E-state index contributed by atoms with van der Waals surface area (Å²) in [5, 5.41) is 3.27. The molecule has 1 N–H and O–H groups in total. The third-order valence-corrected chi connectivity index (χ3v) is 2.74. The van der Waals surface area contributed by atoms with Crippen LogP contribution < -0.4 is 5.32 Å². The largest absolute Gasteiger partial charge is 0.468 e. The SMILES string of the molecule is COC(=O)[C@@H](NC(C)c1cccnc1)C(C)C. The molecule has 4 nitrogen and oxygen atoms in total. The lowest BCUT2D eigenvalue weighted by atomic mass is 10.0. The molecule has 1 heterocycles. The molecule has 0 bridgehead atoms. The highest BCUT2D eigenvalue weighted by Gasteiger charge is 2.24. The number of pyridine rings is 1. The maximum absolute atomic E-state index is 11.6. The van der Waals surface area contributed by atoms with E-state index in [-0.39, 0.29) is 24.0 Å². The van der Waals surface area contributed by atoms with E-state index in [0.29, 0.717) is 0 Å². The molecule has 1 aromatic heterocycles. The summed E-state index contributed by atoms with van der Waals surface area (Å²) < 4.78 is 4.79. The van der Waals surface area contributed by atoms with Crippen molar-refractivity contribution in [2.75, 3.05) is 7.11 Å². The molecule has 0 spiro atoms. The van der Waals surface area contributed by atoms with Crippen LogP contribution in [0.1, 0.15) is 32.4 Å². The van der Waals surface area contributed by atoms with Gasteiger partial charge >= 0.3 is 5.97 Å². The van der Waals surface area contributed by atoms with E-state index in [9.17, 15) is 4.79 Å². The van der Waals surface area contributed by atoms with Crippen LogP contribution in [0.15, 0.2) is 24.5 Å². The summed E-state index contributed by atoms with van der Waals surface area (Å²) in [5.74, 6) is -0.0442. The predicted molar refractivity (Wildman–Crippen MR) is 66.4 cm³/mol. The van der Waals surface area contributed by atoms with E-state index in [1.54, 1.807) is 12.4 Å². The minimum absolute atomic E-state index is 0.0650. The van der Waals surface area contributed by atoms with E-state index in [1.807, 2.05) is 32.9 Å². The number of ether oxygens (including phenoxy) is 1. The lowest BCUT2D eigenvalue weighted by molar-refractivity contribution is -0.144. The molecule has 0 fully saturated rings. The average molecular weight is 236 g/mol. The van der Waals surface area contributed by atoms with Gasteiger partial charge in [-0.25, -0.2) is 0 Å². The van der Waals surface area contributed by atoms with Gasteiger partial charge in [-0.3, -0.25) is 15.1 Å². The summed E-state index contributed by atoms with van der Waals surface area (Å²) in [6, 6.07) is 3.64. The van der Waals surface area contributed by atoms with Crippen LogP contribution in [0.25, 0.3) is 0 Å². The van der Waals surface area contributed by atoms with Crippen molar-refractivity contribution >= 4 is 5.97 Å². The van der Waals surface area contributed by atoms with Crippen molar-refractivity contribution in [3.05, 3.63) is 30.1 Å². The Morgan fingerprint density at radius 2 is 2.12 bits per heavy atom. The topological polar surface area (TPSA) is 51.2 Å². The second kappa shape index (κ2) is 6.35. The van der Waals surface area contributed by atoms with Crippen molar-refractivity contribution in [2.24, 2.45) is 5.92 Å². The zero-order valence-electron chi connectivity index (χ0n) is 10.8. The summed E-state index contributed by atoms with van der Waals surface area (Å²) in [6.45, 7) is 5.99. The summed E-state index contributed by atoms with van der Waals surface area (Å²) in [5.41, 5.74) is 1.06. The Hall–Kier alpha value is -1.42. The number of nitrogens with one attached hydrogen (secondary N) is 1. The molecule has 1 aromatic rings. The van der Waals surface area contributed by atoms with Crippen molar-refractivity contribution in [1.29, 1.82) is 0 Å². The number of nitrogens with zero attached hydrogens (tertiary/aromatic N) is 1. The summed E-state index contributed by atoms with van der Waals surface area (Å²) in [4.78, 5) is 15.7. The number of esters is 1. The van der Waals surface area contributed by atoms with Gasteiger partial charge in [0, 0.05) is 18.4 Å². The van der Waals surface area contributed by atoms with Crippen LogP contribution in [0.3, 0.4) is 0 Å². The summed E-state index contributed by atoms with van der Waals surface area (Å²) in [7, 11) is 1.41. The first-order valence-corrected chi connectivity index (χ1v) is 5.80. The molecule has 0 aromatic carbocycles. The molecule has 0 radical (unpaired) electrons. The smallest absolute Gasteiger partial charge is 0.323 e. The summed E-state index contributed by atoms with van der Waals surface area (Å²) in [6.07, 6.45) is 3.53. The fourth-order valence-electron chi connectivity index (χ4n) is 1.66. The Morgan fingerprint density at radius 1 is 1.41 bits per heavy atom. The third kappa shape index (κ3) is 3.82. The monoisotopic (exact) mass is 236 g/mol. The molecule has 2 atom stereocenters. The molecular weight excluding hydrogens is 216 g/mol. The standard InChI is InChI=1S/C13H20N2O2/c1-9(2)12(13(16)17-4)15-10(3)11-6-5-7-14-8-11/h5-10,12,15H,1-4H3/t10?,12-/m0/s1. The first kappa shape index (κ1) is 13.6. The Balaban J connectivity index is 2.71. The van der Waals surface area contributed by atoms with Crippen molar-refractivity contribution in [1.82, 2.24) is 10.3 Å². The highest BCUT2D eigenvalue weighted by atomic mass is 16.5. The molecule has 17 heavy (non-hydrogen) atoms. The lowest BCUT2D eigenvalue weighted by Gasteiger charge is -2.24. The second-order valence-electron chi connectivity index (χ2n) is 4.42. The number of aromatic nitrogens is 1. The van der Waals surface area contributed by atoms with E-state index in [0.717, 1.165) is 5.56 Å². The van der Waals surface area contributed by atoms with Gasteiger partial charge in [-0.15, -0.1) is 0 Å². The number of methoxy groups -OCH3 is 1. The molecule has 94 valence electrons. The number of rotatable bonds is 5. The van der Waals surface area contributed by atoms with Crippen molar-refractivity contribution in [3.8, 4) is 0 Å². The van der Waals surface area contributed by atoms with Crippen molar-refractivity contribution in [3.63, 3.8) is 0 Å². The zero-order valence-corrected chi connectivity index (χ0v) is 10.8. The fourth-order valence-corrected chi connectivity index (χ4v) is 1.66. The maximum atomic E-state index is 11.6. The minimum atomic E-state index is -0.296. The Morgan fingerprint density at radius 3 is 2.59 bits per heavy atom. The highest BCUT2D eigenvalue weighted by molar-refractivity contribution is 5.76. The molecule has 0 aliphatic rings. The molecule has 0 saturated heterocycles. The number of hydrogen-bond acceptors (Lipinski definition) is 4. The molecule has 0 saturated carbocycles. The van der Waals surface area contributed by atoms with E-state index >= 15 is 0 Å². The van der Waals surface area contributed by atoms with Gasteiger partial charge in [0.05, 0.1) is 7.11 Å². The lowest BCUT2D eigenvalue weighted by Crippen LogP contribution is -2.42. The second-order valence-corrected chi connectivity index (χ2v) is 4.42. The van der Waals surface area contributed by atoms with Gasteiger partial charge in [-0.05, 0) is 24.5 Å². The zero-order chi connectivity index (χ0) is 12.8. The highest BCUT2D eigenvalue weighted by Crippen LogP contribution is 2.14. The first-order valence-electron chi connectivity index (χ1n) is 5.80. The molecule has 0 aliphatic heterocycles. The fraction of sp³-hybridized carbons (Fsp3) is 0.538. The van der Waals surface area contributed by atoms with Gasteiger partial charge in [0.15, 0.2) is 0 Å². The molecule has 4 heteroatoms. The van der Waals surface area contributed by atoms with Gasteiger partial charge < -0.3 is 4.74 Å². The van der Waals surface area contributed by atoms with Crippen LogP contribution >= 0.6 is 0 Å². The third-order valence-electron chi connectivity index (χ3n) is 2.74. The van der Waals surface area contributed by atoms with E-state index in [2.05, 4.69) is 10.3 Å². The van der Waals surface area contributed by atoms with Crippen molar-refractivity contribution < 1.29 is 9.53 Å². The first-order chi connectivity index (χ1) is 8.06. The number of hydrogen-bond donors (Lipinski definition) is 1. The normalized spacial score (nSPS) is 14.4. The van der Waals surface area contributed by atoms with Crippen molar-refractivity contribution in [2.45, 2.75) is 32.9 Å². The van der Waals surface area contributed by atoms with Crippen LogP contribution in [0.4, 0.5) is 0 Å². The molecule has 1 unspecified atom stereocenters. The summed E-state index contributed by atoms with van der Waals surface area (Å²) >= 11 is 0. The number of carbonyl (C=O) groups excluding carboxylic acids is 1. The van der Waals surface area contributed by atoms with Crippen LogP contribution in [0.5, 0.6) is 0 Å². The van der Waals surface area contributed by atoms with Gasteiger partial charge in [0.25, 0.3) is 0 Å². The van der Waals surface area contributed by atoms with E-state index in [1.165, 1.54) is 7.11 Å². The van der Waals surface area contributed by atoms with Crippen LogP contribution in [0.2, 0.25) is 0 Å². The minimum Gasteiger partial charge on any atom is -0.468 e. The average Bonchev–Trinajstić information content (AvgIpc) is 2.35. The van der Waals surface area contributed by atoms with Crippen LogP contribution in [-0.4, -0.2) is 24.1 Å². The molecule has 0 aliphatic carbocycles. The van der Waals surface area contributed by atoms with Crippen LogP contribution in [0, 0.1) is 5.92 Å². The molecule has 1 rings (SSSR count). The van der Waals surface area contributed by atoms with Crippen LogP contribution in [-0.2, 0) is 9.53 Å². The molecular formula is C13H20N2O2. The van der Waals surface area contributed by atoms with Gasteiger partial charge in [0.2, 0.25) is 0 Å². The molecule has 0 amide bonds. The Bertz CT molecular complexity index is 352. The van der Waals surface area contributed by atoms with E-state index in [4.69, 9.17) is 4.74 Å². The Labute approximate surface area is 102 Å². The number of carbonyl (C=O) groups is 1. The van der Waals surface area contributed by atoms with E-state index < -0.39 is 0 Å². The quantitative estimate of drug-likeness (QED) is 0.794. The maximum Gasteiger partial charge on any atom is 0.323 e. The predicted octanol–water partition coefficient (Wildman–Crippen LogP) is 1.93.